The minimum absolute atomic E-state index is 0.0420. The number of allylic oxidation sites excluding steroid dienone is 1. The van der Waals surface area contributed by atoms with Gasteiger partial charge in [0.2, 0.25) is 0 Å². The highest BCUT2D eigenvalue weighted by Crippen LogP contribution is 2.32. The second-order valence-electron chi connectivity index (χ2n) is 7.38. The molecule has 1 aliphatic rings. The largest absolute Gasteiger partial charge is 0.497 e. The van der Waals surface area contributed by atoms with Crippen molar-refractivity contribution < 1.29 is 14.3 Å². The van der Waals surface area contributed by atoms with Gasteiger partial charge < -0.3 is 9.47 Å². The molecule has 0 saturated carbocycles. The molecule has 0 aliphatic carbocycles. The molecule has 0 radical (unpaired) electrons. The van der Waals surface area contributed by atoms with Crippen LogP contribution in [-0.4, -0.2) is 24.3 Å². The average Bonchev–Trinajstić information content (AvgIpc) is 3.13. The maximum atomic E-state index is 13.6. The quantitative estimate of drug-likeness (QED) is 0.363. The summed E-state index contributed by atoms with van der Waals surface area (Å²) in [7, 11) is 1.57. The summed E-state index contributed by atoms with van der Waals surface area (Å²) >= 11 is 13.8. The molecule has 9 heteroatoms. The van der Waals surface area contributed by atoms with Gasteiger partial charge >= 0.3 is 5.97 Å². The van der Waals surface area contributed by atoms with E-state index in [-0.39, 0.29) is 17.7 Å². The van der Waals surface area contributed by atoms with Crippen molar-refractivity contribution in [2.45, 2.75) is 13.0 Å². The van der Waals surface area contributed by atoms with Gasteiger partial charge in [0, 0.05) is 15.6 Å². The normalized spacial score (nSPS) is 15.5. The third-order valence-electron chi connectivity index (χ3n) is 5.28. The van der Waals surface area contributed by atoms with Crippen molar-refractivity contribution in [3.05, 3.63) is 107 Å². The summed E-state index contributed by atoms with van der Waals surface area (Å²) in [5.41, 5.74) is 1.68. The van der Waals surface area contributed by atoms with E-state index in [1.165, 1.54) is 22.0 Å². The number of carbonyl (C=O) groups is 1. The molecule has 34 heavy (non-hydrogen) atoms. The lowest BCUT2D eigenvalue weighted by Crippen LogP contribution is -2.39. The van der Waals surface area contributed by atoms with E-state index in [2.05, 4.69) is 11.6 Å². The van der Waals surface area contributed by atoms with Crippen molar-refractivity contribution in [1.82, 2.24) is 4.57 Å². The number of methoxy groups -OCH3 is 1. The van der Waals surface area contributed by atoms with Gasteiger partial charge in [-0.15, -0.1) is 0 Å². The molecule has 0 saturated heterocycles. The molecule has 0 N–H and O–H groups in total. The van der Waals surface area contributed by atoms with Gasteiger partial charge in [0.25, 0.3) is 5.56 Å². The molecule has 1 aliphatic heterocycles. The zero-order valence-corrected chi connectivity index (χ0v) is 20.7. The summed E-state index contributed by atoms with van der Waals surface area (Å²) in [5.74, 6) is 0.0893. The number of esters is 1. The van der Waals surface area contributed by atoms with Crippen molar-refractivity contribution >= 4 is 46.6 Å². The number of rotatable bonds is 6. The maximum Gasteiger partial charge on any atom is 0.338 e. The maximum absolute atomic E-state index is 13.6. The predicted octanol–water partition coefficient (Wildman–Crippen LogP) is 4.28. The van der Waals surface area contributed by atoms with Crippen LogP contribution < -0.4 is 19.6 Å². The van der Waals surface area contributed by atoms with Crippen LogP contribution >= 0.6 is 34.5 Å². The smallest absolute Gasteiger partial charge is 0.338 e. The fourth-order valence-electron chi connectivity index (χ4n) is 3.68. The summed E-state index contributed by atoms with van der Waals surface area (Å²) in [6.45, 7) is 5.36. The minimum Gasteiger partial charge on any atom is -0.497 e. The lowest BCUT2D eigenvalue weighted by Gasteiger charge is -2.24. The molecule has 0 bridgehead atoms. The standard InChI is InChI=1S/C25H20Cl2N2O4S/c1-4-12-33-24(31)21-14(2)28-25-29(22(21)15-8-10-16(32-3)11-9-15)23(30)20(34-25)13-17-18(26)6-5-7-19(17)27/h4-11,13,22H,1,12H2,2-3H3/b20-13-. The Morgan fingerprint density at radius 1 is 1.21 bits per heavy atom. The van der Waals surface area contributed by atoms with E-state index in [9.17, 15) is 9.59 Å². The van der Waals surface area contributed by atoms with Crippen molar-refractivity contribution in [2.75, 3.05) is 13.7 Å². The summed E-state index contributed by atoms with van der Waals surface area (Å²) in [6.07, 6.45) is 3.13. The molecule has 3 aromatic rings. The Balaban J connectivity index is 1.95. The van der Waals surface area contributed by atoms with Crippen LogP contribution in [0, 0.1) is 0 Å². The highest BCUT2D eigenvalue weighted by atomic mass is 35.5. The Bertz CT molecular complexity index is 1470. The molecule has 6 nitrogen and oxygen atoms in total. The number of hydrogen-bond acceptors (Lipinski definition) is 6. The lowest BCUT2D eigenvalue weighted by molar-refractivity contribution is -0.138. The van der Waals surface area contributed by atoms with E-state index in [1.54, 1.807) is 50.4 Å². The molecular formula is C25H20Cl2N2O4S. The highest BCUT2D eigenvalue weighted by Gasteiger charge is 2.33. The fourth-order valence-corrected chi connectivity index (χ4v) is 5.21. The Hall–Kier alpha value is -3.13. The van der Waals surface area contributed by atoms with Crippen LogP contribution in [0.4, 0.5) is 0 Å². The number of hydrogen-bond donors (Lipinski definition) is 0. The minimum atomic E-state index is -0.733. The molecule has 1 atom stereocenters. The van der Waals surface area contributed by atoms with Gasteiger partial charge in [-0.25, -0.2) is 9.79 Å². The number of aromatic nitrogens is 1. The lowest BCUT2D eigenvalue weighted by atomic mass is 9.96. The first-order chi connectivity index (χ1) is 16.3. The third-order valence-corrected chi connectivity index (χ3v) is 6.92. The monoisotopic (exact) mass is 514 g/mol. The van der Waals surface area contributed by atoms with Crippen LogP contribution in [0.5, 0.6) is 5.75 Å². The molecule has 4 rings (SSSR count). The third kappa shape index (κ3) is 4.46. The topological polar surface area (TPSA) is 69.9 Å². The number of benzene rings is 2. The molecule has 0 spiro atoms. The molecule has 1 unspecified atom stereocenters. The van der Waals surface area contributed by atoms with Crippen LogP contribution in [-0.2, 0) is 9.53 Å². The van der Waals surface area contributed by atoms with Gasteiger partial charge in [-0.05, 0) is 42.8 Å². The van der Waals surface area contributed by atoms with E-state index in [4.69, 9.17) is 32.7 Å². The molecule has 2 heterocycles. The number of nitrogens with zero attached hydrogens (tertiary/aromatic N) is 2. The number of halogens is 2. The first-order valence-electron chi connectivity index (χ1n) is 10.2. The summed E-state index contributed by atoms with van der Waals surface area (Å²) in [5, 5.41) is 0.852. The van der Waals surface area contributed by atoms with E-state index in [1.807, 2.05) is 12.1 Å². The van der Waals surface area contributed by atoms with Crippen LogP contribution in [0.2, 0.25) is 10.0 Å². The number of fused-ring (bicyclic) bond motifs is 1. The zero-order valence-electron chi connectivity index (χ0n) is 18.4. The van der Waals surface area contributed by atoms with Gasteiger partial charge in [-0.2, -0.15) is 0 Å². The van der Waals surface area contributed by atoms with Crippen molar-refractivity contribution in [3.63, 3.8) is 0 Å². The van der Waals surface area contributed by atoms with Crippen LogP contribution in [0.25, 0.3) is 6.08 Å². The van der Waals surface area contributed by atoms with Gasteiger partial charge in [0.05, 0.1) is 29.0 Å². The van der Waals surface area contributed by atoms with Gasteiger partial charge in [-0.1, -0.05) is 65.4 Å². The van der Waals surface area contributed by atoms with Crippen molar-refractivity contribution in [2.24, 2.45) is 4.99 Å². The summed E-state index contributed by atoms with van der Waals surface area (Å²) < 4.78 is 12.5. The van der Waals surface area contributed by atoms with Gasteiger partial charge in [0.1, 0.15) is 12.4 Å². The Labute approximate surface area is 209 Å². The summed E-state index contributed by atoms with van der Waals surface area (Å²) in [4.78, 5) is 31.6. The average molecular weight is 515 g/mol. The molecule has 2 aromatic carbocycles. The second kappa shape index (κ2) is 10.0. The number of ether oxygens (including phenoxy) is 2. The Morgan fingerprint density at radius 3 is 2.50 bits per heavy atom. The molecule has 174 valence electrons. The van der Waals surface area contributed by atoms with Crippen molar-refractivity contribution in [3.8, 4) is 5.75 Å². The molecular weight excluding hydrogens is 495 g/mol. The van der Waals surface area contributed by atoms with E-state index in [0.29, 0.717) is 42.0 Å². The highest BCUT2D eigenvalue weighted by molar-refractivity contribution is 7.07. The van der Waals surface area contributed by atoms with Crippen molar-refractivity contribution in [1.29, 1.82) is 0 Å². The molecule has 1 aromatic heterocycles. The van der Waals surface area contributed by atoms with E-state index < -0.39 is 12.0 Å². The summed E-state index contributed by atoms with van der Waals surface area (Å²) in [6, 6.07) is 11.6. The predicted molar refractivity (Wildman–Crippen MR) is 134 cm³/mol. The van der Waals surface area contributed by atoms with E-state index >= 15 is 0 Å². The SMILES string of the molecule is C=CCOC(=O)C1=C(C)N=c2s/c(=C\c3c(Cl)cccc3Cl)c(=O)n2C1c1ccc(OC)cc1. The van der Waals surface area contributed by atoms with Gasteiger partial charge in [-0.3, -0.25) is 9.36 Å². The van der Waals surface area contributed by atoms with E-state index in [0.717, 1.165) is 0 Å². The first-order valence-corrected chi connectivity index (χ1v) is 11.8. The van der Waals surface area contributed by atoms with Crippen LogP contribution in [0.1, 0.15) is 24.1 Å². The Morgan fingerprint density at radius 2 is 1.88 bits per heavy atom. The second-order valence-corrected chi connectivity index (χ2v) is 9.20. The Kier molecular flexibility index (Phi) is 7.07. The van der Waals surface area contributed by atoms with Crippen LogP contribution in [0.3, 0.4) is 0 Å². The number of carbonyl (C=O) groups excluding carboxylic acids is 1. The molecule has 0 amide bonds. The van der Waals surface area contributed by atoms with Gasteiger partial charge in [0.15, 0.2) is 4.80 Å². The fraction of sp³-hybridized carbons (Fsp3) is 0.160. The molecule has 0 fully saturated rings. The zero-order chi connectivity index (χ0) is 24.4. The van der Waals surface area contributed by atoms with Crippen LogP contribution in [0.15, 0.2) is 76.2 Å². The number of thiazole rings is 1. The first kappa shape index (κ1) is 24.0.